The van der Waals surface area contributed by atoms with Gasteiger partial charge in [-0.3, -0.25) is 0 Å². The van der Waals surface area contributed by atoms with Crippen molar-refractivity contribution < 1.29 is 10.4 Å². The van der Waals surface area contributed by atoms with Gasteiger partial charge in [0.25, 0.3) is 0 Å². The van der Waals surface area contributed by atoms with Crippen molar-refractivity contribution in [1.82, 2.24) is 9.97 Å². The average Bonchev–Trinajstić information content (AvgIpc) is 2.73. The first-order valence-electron chi connectivity index (χ1n) is 7.61. The van der Waals surface area contributed by atoms with E-state index in [0.29, 0.717) is 17.0 Å². The highest BCUT2D eigenvalue weighted by Gasteiger charge is 2.06. The number of hydrogen-bond acceptors (Lipinski definition) is 6. The zero-order valence-electron chi connectivity index (χ0n) is 14.0. The van der Waals surface area contributed by atoms with Crippen molar-refractivity contribution in [1.29, 1.82) is 0 Å². The second kappa shape index (κ2) is 8.63. The predicted molar refractivity (Wildman–Crippen MR) is 105 cm³/mol. The third-order valence-electron chi connectivity index (χ3n) is 3.82. The molecule has 0 spiro atoms. The molecule has 9 heteroatoms. The SMILES string of the molecule is Cl.N/C(=N\O)c1ccc(-c2cnc(-c3ccc(/C(N)=N/O)cc3)nc2)cc1. The summed E-state index contributed by atoms with van der Waals surface area (Å²) in [5, 5.41) is 23.3. The fourth-order valence-corrected chi connectivity index (χ4v) is 2.37. The Hall–Kier alpha value is -3.65. The molecule has 3 aromatic rings. The van der Waals surface area contributed by atoms with Crippen LogP contribution in [0.2, 0.25) is 0 Å². The summed E-state index contributed by atoms with van der Waals surface area (Å²) in [5.41, 5.74) is 14.9. The maximum Gasteiger partial charge on any atom is 0.170 e. The molecule has 0 saturated heterocycles. The number of oxime groups is 2. The van der Waals surface area contributed by atoms with E-state index in [0.717, 1.165) is 16.7 Å². The minimum absolute atomic E-state index is 0. The topological polar surface area (TPSA) is 143 Å². The van der Waals surface area contributed by atoms with Crippen molar-refractivity contribution in [3.8, 4) is 22.5 Å². The third-order valence-corrected chi connectivity index (χ3v) is 3.82. The van der Waals surface area contributed by atoms with Crippen molar-refractivity contribution in [3.05, 3.63) is 72.1 Å². The highest BCUT2D eigenvalue weighted by Crippen LogP contribution is 2.21. The quantitative estimate of drug-likeness (QED) is 0.235. The van der Waals surface area contributed by atoms with Gasteiger partial charge in [0.1, 0.15) is 0 Å². The minimum Gasteiger partial charge on any atom is -0.409 e. The maximum absolute atomic E-state index is 8.69. The average molecular weight is 385 g/mol. The molecule has 0 aliphatic heterocycles. The van der Waals surface area contributed by atoms with Crippen LogP contribution in [0.15, 0.2) is 71.2 Å². The Labute approximate surface area is 161 Å². The van der Waals surface area contributed by atoms with E-state index in [4.69, 9.17) is 21.9 Å². The Morgan fingerprint density at radius 3 is 1.48 bits per heavy atom. The van der Waals surface area contributed by atoms with Gasteiger partial charge >= 0.3 is 0 Å². The first-order valence-corrected chi connectivity index (χ1v) is 7.61. The van der Waals surface area contributed by atoms with Crippen LogP contribution in [0.5, 0.6) is 0 Å². The van der Waals surface area contributed by atoms with Gasteiger partial charge in [0.2, 0.25) is 0 Å². The highest BCUT2D eigenvalue weighted by molar-refractivity contribution is 5.97. The van der Waals surface area contributed by atoms with Gasteiger partial charge in [-0.15, -0.1) is 12.4 Å². The van der Waals surface area contributed by atoms with E-state index in [9.17, 15) is 0 Å². The molecule has 0 fully saturated rings. The molecule has 1 aromatic heterocycles. The lowest BCUT2D eigenvalue weighted by Gasteiger charge is -2.05. The molecular weight excluding hydrogens is 368 g/mol. The van der Waals surface area contributed by atoms with Gasteiger partial charge in [-0.05, 0) is 5.56 Å². The monoisotopic (exact) mass is 384 g/mol. The van der Waals surface area contributed by atoms with Crippen LogP contribution in [0.1, 0.15) is 11.1 Å². The molecule has 0 atom stereocenters. The summed E-state index contributed by atoms with van der Waals surface area (Å²) in [5.74, 6) is 0.662. The summed E-state index contributed by atoms with van der Waals surface area (Å²) < 4.78 is 0. The third kappa shape index (κ3) is 4.31. The largest absolute Gasteiger partial charge is 0.409 e. The molecule has 0 unspecified atom stereocenters. The van der Waals surface area contributed by atoms with Gasteiger partial charge in [-0.1, -0.05) is 58.8 Å². The first kappa shape index (κ1) is 19.7. The number of rotatable bonds is 4. The Kier molecular flexibility index (Phi) is 6.29. The molecule has 3 rings (SSSR count). The Morgan fingerprint density at radius 1 is 0.667 bits per heavy atom. The molecule has 2 aromatic carbocycles. The lowest BCUT2D eigenvalue weighted by Crippen LogP contribution is -2.12. The summed E-state index contributed by atoms with van der Waals surface area (Å²) in [6.45, 7) is 0. The Morgan fingerprint density at radius 2 is 1.07 bits per heavy atom. The minimum atomic E-state index is 0. The summed E-state index contributed by atoms with van der Waals surface area (Å²) in [7, 11) is 0. The summed E-state index contributed by atoms with van der Waals surface area (Å²) in [6, 6.07) is 14.3. The molecule has 0 aliphatic carbocycles. The van der Waals surface area contributed by atoms with Crippen LogP contribution in [-0.4, -0.2) is 32.1 Å². The first-order chi connectivity index (χ1) is 12.6. The van der Waals surface area contributed by atoms with Crippen molar-refractivity contribution >= 4 is 24.1 Å². The van der Waals surface area contributed by atoms with Gasteiger partial charge in [0.15, 0.2) is 17.5 Å². The fourth-order valence-electron chi connectivity index (χ4n) is 2.37. The molecule has 138 valence electrons. The van der Waals surface area contributed by atoms with E-state index in [1.807, 2.05) is 12.1 Å². The Balaban J connectivity index is 0.00000261. The molecule has 8 nitrogen and oxygen atoms in total. The molecular formula is C18H17ClN6O2. The number of nitrogens with zero attached hydrogens (tertiary/aromatic N) is 4. The second-order valence-corrected chi connectivity index (χ2v) is 5.42. The zero-order chi connectivity index (χ0) is 18.5. The van der Waals surface area contributed by atoms with Crippen molar-refractivity contribution in [2.24, 2.45) is 21.8 Å². The summed E-state index contributed by atoms with van der Waals surface area (Å²) >= 11 is 0. The second-order valence-electron chi connectivity index (χ2n) is 5.42. The molecule has 27 heavy (non-hydrogen) atoms. The van der Waals surface area contributed by atoms with E-state index < -0.39 is 0 Å². The number of nitrogens with two attached hydrogens (primary N) is 2. The summed E-state index contributed by atoms with van der Waals surface area (Å²) in [4.78, 5) is 8.77. The summed E-state index contributed by atoms with van der Waals surface area (Å²) in [6.07, 6.45) is 3.44. The predicted octanol–water partition coefficient (Wildman–Crippen LogP) is 2.42. The molecule has 6 N–H and O–H groups in total. The highest BCUT2D eigenvalue weighted by atomic mass is 35.5. The van der Waals surface area contributed by atoms with E-state index in [-0.39, 0.29) is 24.1 Å². The van der Waals surface area contributed by atoms with E-state index >= 15 is 0 Å². The molecule has 1 heterocycles. The maximum atomic E-state index is 8.69. The molecule has 0 aliphatic rings. The van der Waals surface area contributed by atoms with Crippen LogP contribution < -0.4 is 11.5 Å². The van der Waals surface area contributed by atoms with E-state index in [1.54, 1.807) is 48.8 Å². The molecule has 0 bridgehead atoms. The molecule has 0 amide bonds. The van der Waals surface area contributed by atoms with Gasteiger partial charge in [-0.25, -0.2) is 9.97 Å². The van der Waals surface area contributed by atoms with Gasteiger partial charge in [0, 0.05) is 34.6 Å². The lowest BCUT2D eigenvalue weighted by molar-refractivity contribution is 0.318. The number of aromatic nitrogens is 2. The number of hydrogen-bond donors (Lipinski definition) is 4. The van der Waals surface area contributed by atoms with Crippen LogP contribution in [0.3, 0.4) is 0 Å². The lowest BCUT2D eigenvalue weighted by atomic mass is 10.1. The van der Waals surface area contributed by atoms with E-state index in [1.165, 1.54) is 0 Å². The van der Waals surface area contributed by atoms with Crippen LogP contribution >= 0.6 is 12.4 Å². The normalized spacial score (nSPS) is 11.7. The van der Waals surface area contributed by atoms with Crippen molar-refractivity contribution in [2.45, 2.75) is 0 Å². The van der Waals surface area contributed by atoms with Crippen molar-refractivity contribution in [3.63, 3.8) is 0 Å². The smallest absolute Gasteiger partial charge is 0.170 e. The van der Waals surface area contributed by atoms with Gasteiger partial charge < -0.3 is 21.9 Å². The number of amidine groups is 2. The zero-order valence-corrected chi connectivity index (χ0v) is 14.8. The van der Waals surface area contributed by atoms with Crippen molar-refractivity contribution in [2.75, 3.05) is 0 Å². The van der Waals surface area contributed by atoms with Gasteiger partial charge in [0.05, 0.1) is 0 Å². The van der Waals surface area contributed by atoms with Crippen LogP contribution in [0.25, 0.3) is 22.5 Å². The number of halogens is 1. The molecule has 0 radical (unpaired) electrons. The van der Waals surface area contributed by atoms with Crippen LogP contribution in [-0.2, 0) is 0 Å². The van der Waals surface area contributed by atoms with Crippen LogP contribution in [0.4, 0.5) is 0 Å². The molecule has 0 saturated carbocycles. The van der Waals surface area contributed by atoms with Crippen LogP contribution in [0, 0.1) is 0 Å². The van der Waals surface area contributed by atoms with Gasteiger partial charge in [-0.2, -0.15) is 0 Å². The standard InChI is InChI=1S/C18H16N6O2.ClH/c19-16(23-25)12-3-1-11(2-4-12)15-9-21-18(22-10-15)14-7-5-13(6-8-14)17(20)24-26;/h1-10,25-26H,(H2,19,23)(H2,20,24);1H. The fraction of sp³-hybridized carbons (Fsp3) is 0. The van der Waals surface area contributed by atoms with E-state index in [2.05, 4.69) is 20.3 Å². The Bertz CT molecular complexity index is 874. The number of benzene rings is 2.